The third kappa shape index (κ3) is 3.42. The SMILES string of the molecule is Cc1ccc2c(CN3C(=O)N[C@](C)(c4ccc(C(C)C)cc4)C3=O)cc(=O)oc2c1C. The Morgan fingerprint density at radius 1 is 1.03 bits per heavy atom. The number of amides is 3. The number of hydrogen-bond acceptors (Lipinski definition) is 4. The van der Waals surface area contributed by atoms with E-state index in [9.17, 15) is 14.4 Å². The first-order chi connectivity index (χ1) is 14.6. The number of carbonyl (C=O) groups is 2. The zero-order valence-corrected chi connectivity index (χ0v) is 18.4. The number of carbonyl (C=O) groups excluding carboxylic acids is 2. The van der Waals surface area contributed by atoms with Crippen molar-refractivity contribution in [3.05, 3.63) is 80.7 Å². The predicted octanol–water partition coefficient (Wildman–Crippen LogP) is 4.50. The van der Waals surface area contributed by atoms with E-state index in [0.717, 1.165) is 27.6 Å². The molecule has 0 bridgehead atoms. The zero-order valence-electron chi connectivity index (χ0n) is 18.4. The highest BCUT2D eigenvalue weighted by molar-refractivity contribution is 6.07. The highest BCUT2D eigenvalue weighted by Gasteiger charge is 2.49. The highest BCUT2D eigenvalue weighted by atomic mass is 16.4. The molecule has 1 aromatic heterocycles. The molecule has 0 saturated carbocycles. The second-order valence-electron chi connectivity index (χ2n) is 8.70. The minimum Gasteiger partial charge on any atom is -0.422 e. The lowest BCUT2D eigenvalue weighted by atomic mass is 9.90. The number of urea groups is 1. The van der Waals surface area contributed by atoms with Gasteiger partial charge in [-0.25, -0.2) is 9.59 Å². The molecule has 6 heteroatoms. The monoisotopic (exact) mass is 418 g/mol. The van der Waals surface area contributed by atoms with Gasteiger partial charge in [0.05, 0.1) is 6.54 Å². The molecule has 0 radical (unpaired) electrons. The molecule has 3 amide bonds. The minimum absolute atomic E-state index is 0.00502. The van der Waals surface area contributed by atoms with E-state index >= 15 is 0 Å². The van der Waals surface area contributed by atoms with Crippen molar-refractivity contribution in [2.75, 3.05) is 0 Å². The van der Waals surface area contributed by atoms with Crippen LogP contribution in [0, 0.1) is 13.8 Å². The van der Waals surface area contributed by atoms with Crippen molar-refractivity contribution in [2.45, 2.75) is 52.6 Å². The molecule has 0 spiro atoms. The Kier molecular flexibility index (Phi) is 4.96. The lowest BCUT2D eigenvalue weighted by Gasteiger charge is -2.23. The van der Waals surface area contributed by atoms with Crippen LogP contribution in [0.25, 0.3) is 11.0 Å². The molecular weight excluding hydrogens is 392 g/mol. The Morgan fingerprint density at radius 3 is 2.35 bits per heavy atom. The second kappa shape index (κ2) is 7.38. The third-order valence-electron chi connectivity index (χ3n) is 6.28. The van der Waals surface area contributed by atoms with E-state index in [1.165, 1.54) is 11.0 Å². The number of benzene rings is 2. The molecule has 2 aromatic carbocycles. The maximum absolute atomic E-state index is 13.3. The van der Waals surface area contributed by atoms with Crippen molar-refractivity contribution < 1.29 is 14.0 Å². The first kappa shape index (κ1) is 20.8. The van der Waals surface area contributed by atoms with Crippen LogP contribution in [0.1, 0.15) is 54.5 Å². The summed E-state index contributed by atoms with van der Waals surface area (Å²) in [4.78, 5) is 39.5. The molecule has 0 unspecified atom stereocenters. The Labute approximate surface area is 180 Å². The van der Waals surface area contributed by atoms with Crippen molar-refractivity contribution in [3.63, 3.8) is 0 Å². The molecule has 1 N–H and O–H groups in total. The summed E-state index contributed by atoms with van der Waals surface area (Å²) in [6.45, 7) is 9.73. The molecule has 160 valence electrons. The van der Waals surface area contributed by atoms with Gasteiger partial charge < -0.3 is 9.73 Å². The van der Waals surface area contributed by atoms with E-state index < -0.39 is 17.2 Å². The van der Waals surface area contributed by atoms with Crippen molar-refractivity contribution in [1.29, 1.82) is 0 Å². The molecule has 0 aliphatic carbocycles. The van der Waals surface area contributed by atoms with Crippen molar-refractivity contribution in [2.24, 2.45) is 0 Å². The van der Waals surface area contributed by atoms with Crippen LogP contribution in [-0.4, -0.2) is 16.8 Å². The van der Waals surface area contributed by atoms with Gasteiger partial charge in [-0.2, -0.15) is 0 Å². The summed E-state index contributed by atoms with van der Waals surface area (Å²) in [5.41, 5.74) is 3.16. The molecule has 31 heavy (non-hydrogen) atoms. The van der Waals surface area contributed by atoms with E-state index in [4.69, 9.17) is 4.42 Å². The molecule has 1 aliphatic rings. The van der Waals surface area contributed by atoms with Gasteiger partial charge in [-0.05, 0) is 54.5 Å². The van der Waals surface area contributed by atoms with Crippen LogP contribution in [0.5, 0.6) is 0 Å². The molecule has 1 saturated heterocycles. The van der Waals surface area contributed by atoms with Crippen LogP contribution in [0.3, 0.4) is 0 Å². The smallest absolute Gasteiger partial charge is 0.336 e. The standard InChI is InChI=1S/C25H26N2O4/c1-14(2)17-7-9-19(10-8-17)25(5)23(29)27(24(30)26-25)13-18-12-21(28)31-22-16(4)15(3)6-11-20(18)22/h6-12,14H,13H2,1-5H3,(H,26,30)/t25-/m1/s1. The number of fused-ring (bicyclic) bond motifs is 1. The lowest BCUT2D eigenvalue weighted by molar-refractivity contribution is -0.131. The summed E-state index contributed by atoms with van der Waals surface area (Å²) in [6.07, 6.45) is 0. The number of rotatable bonds is 4. The van der Waals surface area contributed by atoms with Crippen LogP contribution in [0.15, 0.2) is 51.7 Å². The summed E-state index contributed by atoms with van der Waals surface area (Å²) in [5.74, 6) is 0.0254. The molecule has 3 aromatic rings. The highest BCUT2D eigenvalue weighted by Crippen LogP contribution is 2.32. The average molecular weight is 418 g/mol. The van der Waals surface area contributed by atoms with Gasteiger partial charge >= 0.3 is 11.7 Å². The number of hydrogen-bond donors (Lipinski definition) is 1. The Hall–Kier alpha value is -3.41. The Balaban J connectivity index is 1.71. The first-order valence-electron chi connectivity index (χ1n) is 10.4. The number of imide groups is 1. The van der Waals surface area contributed by atoms with Crippen molar-refractivity contribution >= 4 is 22.9 Å². The van der Waals surface area contributed by atoms with E-state index in [-0.39, 0.29) is 12.5 Å². The van der Waals surface area contributed by atoms with E-state index in [2.05, 4.69) is 19.2 Å². The van der Waals surface area contributed by atoms with Crippen molar-refractivity contribution in [3.8, 4) is 0 Å². The van der Waals surface area contributed by atoms with Crippen LogP contribution in [0.2, 0.25) is 0 Å². The maximum atomic E-state index is 13.3. The fraction of sp³-hybridized carbons (Fsp3) is 0.320. The maximum Gasteiger partial charge on any atom is 0.336 e. The fourth-order valence-electron chi connectivity index (χ4n) is 4.06. The number of aryl methyl sites for hydroxylation is 2. The Bertz CT molecular complexity index is 1260. The zero-order chi connectivity index (χ0) is 22.5. The summed E-state index contributed by atoms with van der Waals surface area (Å²) >= 11 is 0. The summed E-state index contributed by atoms with van der Waals surface area (Å²) in [5, 5.41) is 3.55. The predicted molar refractivity (Wildman–Crippen MR) is 119 cm³/mol. The molecular formula is C25H26N2O4. The minimum atomic E-state index is -1.16. The van der Waals surface area contributed by atoms with Crippen LogP contribution in [0.4, 0.5) is 4.79 Å². The third-order valence-corrected chi connectivity index (χ3v) is 6.28. The van der Waals surface area contributed by atoms with Crippen LogP contribution >= 0.6 is 0 Å². The quantitative estimate of drug-likeness (QED) is 0.500. The van der Waals surface area contributed by atoms with Gasteiger partial charge in [-0.1, -0.05) is 50.2 Å². The molecule has 2 heterocycles. The summed E-state index contributed by atoms with van der Waals surface area (Å²) < 4.78 is 5.41. The second-order valence-corrected chi connectivity index (χ2v) is 8.70. The average Bonchev–Trinajstić information content (AvgIpc) is 2.95. The topological polar surface area (TPSA) is 79.6 Å². The largest absolute Gasteiger partial charge is 0.422 e. The molecule has 4 rings (SSSR count). The van der Waals surface area contributed by atoms with Gasteiger partial charge in [0, 0.05) is 11.5 Å². The van der Waals surface area contributed by atoms with E-state index in [1.807, 2.05) is 50.2 Å². The number of nitrogens with zero attached hydrogens (tertiary/aromatic N) is 1. The van der Waals surface area contributed by atoms with Gasteiger partial charge in [0.2, 0.25) is 0 Å². The summed E-state index contributed by atoms with van der Waals surface area (Å²) in [6, 6.07) is 12.4. The first-order valence-corrected chi connectivity index (χ1v) is 10.4. The van der Waals surface area contributed by atoms with Gasteiger partial charge in [0.15, 0.2) is 0 Å². The van der Waals surface area contributed by atoms with Crippen LogP contribution in [-0.2, 0) is 16.9 Å². The number of nitrogens with one attached hydrogen (secondary N) is 1. The van der Waals surface area contributed by atoms with Crippen molar-refractivity contribution in [1.82, 2.24) is 10.2 Å². The molecule has 1 atom stereocenters. The van der Waals surface area contributed by atoms with Gasteiger partial charge in [-0.3, -0.25) is 9.69 Å². The fourth-order valence-corrected chi connectivity index (χ4v) is 4.06. The molecule has 1 aliphatic heterocycles. The summed E-state index contributed by atoms with van der Waals surface area (Å²) in [7, 11) is 0. The normalized spacial score (nSPS) is 18.8. The lowest BCUT2D eigenvalue weighted by Crippen LogP contribution is -2.40. The Morgan fingerprint density at radius 2 is 1.71 bits per heavy atom. The van der Waals surface area contributed by atoms with Gasteiger partial charge in [0.1, 0.15) is 11.1 Å². The van der Waals surface area contributed by atoms with E-state index in [0.29, 0.717) is 17.1 Å². The van der Waals surface area contributed by atoms with Gasteiger partial charge in [-0.15, -0.1) is 0 Å². The van der Waals surface area contributed by atoms with Crippen LogP contribution < -0.4 is 10.9 Å². The van der Waals surface area contributed by atoms with Gasteiger partial charge in [0.25, 0.3) is 5.91 Å². The van der Waals surface area contributed by atoms with E-state index in [1.54, 1.807) is 6.92 Å². The molecule has 1 fully saturated rings. The molecule has 6 nitrogen and oxygen atoms in total.